The van der Waals surface area contributed by atoms with Gasteiger partial charge in [0.2, 0.25) is 5.91 Å². The monoisotopic (exact) mass is 296 g/mol. The molecule has 0 spiro atoms. The first-order valence-electron chi connectivity index (χ1n) is 7.77. The average Bonchev–Trinajstić information content (AvgIpc) is 2.53. The Morgan fingerprint density at radius 3 is 2.41 bits per heavy atom. The van der Waals surface area contributed by atoms with Crippen LogP contribution in [0.15, 0.2) is 54.6 Å². The molecule has 0 bridgehead atoms. The van der Waals surface area contributed by atoms with Gasteiger partial charge in [0.05, 0.1) is 6.54 Å². The van der Waals surface area contributed by atoms with E-state index in [2.05, 4.69) is 42.7 Å². The molecule has 2 aromatic carbocycles. The van der Waals surface area contributed by atoms with Gasteiger partial charge in [0.1, 0.15) is 0 Å². The third-order valence-electron chi connectivity index (χ3n) is 3.40. The summed E-state index contributed by atoms with van der Waals surface area (Å²) in [5, 5.41) is 6.17. The van der Waals surface area contributed by atoms with Crippen LogP contribution < -0.4 is 10.6 Å². The highest BCUT2D eigenvalue weighted by Gasteiger charge is 2.06. The Kier molecular flexibility index (Phi) is 6.01. The molecule has 116 valence electrons. The minimum atomic E-state index is 0.0308. The summed E-state index contributed by atoms with van der Waals surface area (Å²) in [7, 11) is 0. The summed E-state index contributed by atoms with van der Waals surface area (Å²) in [6.45, 7) is 5.19. The van der Waals surface area contributed by atoms with Crippen LogP contribution in [0.5, 0.6) is 0 Å². The summed E-state index contributed by atoms with van der Waals surface area (Å²) < 4.78 is 0. The van der Waals surface area contributed by atoms with Crippen molar-refractivity contribution >= 4 is 11.6 Å². The molecule has 0 aromatic heterocycles. The summed E-state index contributed by atoms with van der Waals surface area (Å²) in [5.41, 5.74) is 3.48. The van der Waals surface area contributed by atoms with Gasteiger partial charge in [-0.25, -0.2) is 0 Å². The third-order valence-corrected chi connectivity index (χ3v) is 3.40. The number of amides is 1. The highest BCUT2D eigenvalue weighted by Crippen LogP contribution is 2.18. The number of carbonyl (C=O) groups excluding carboxylic acids is 1. The van der Waals surface area contributed by atoms with E-state index >= 15 is 0 Å². The molecule has 0 unspecified atom stereocenters. The van der Waals surface area contributed by atoms with Gasteiger partial charge in [-0.1, -0.05) is 62.4 Å². The lowest BCUT2D eigenvalue weighted by atomic mass is 10.0. The number of hydrogen-bond acceptors (Lipinski definition) is 2. The zero-order chi connectivity index (χ0) is 15.8. The Morgan fingerprint density at radius 2 is 1.68 bits per heavy atom. The van der Waals surface area contributed by atoms with Crippen LogP contribution in [-0.4, -0.2) is 19.0 Å². The van der Waals surface area contributed by atoms with Gasteiger partial charge in [0, 0.05) is 12.2 Å². The average molecular weight is 296 g/mol. The van der Waals surface area contributed by atoms with Gasteiger partial charge in [-0.15, -0.1) is 0 Å². The zero-order valence-electron chi connectivity index (χ0n) is 13.3. The van der Waals surface area contributed by atoms with Crippen molar-refractivity contribution in [3.63, 3.8) is 0 Å². The highest BCUT2D eigenvalue weighted by atomic mass is 16.1. The summed E-state index contributed by atoms with van der Waals surface area (Å²) in [6, 6.07) is 18.5. The summed E-state index contributed by atoms with van der Waals surface area (Å²) in [5.74, 6) is 0.498. The molecule has 2 aromatic rings. The highest BCUT2D eigenvalue weighted by molar-refractivity contribution is 5.81. The zero-order valence-corrected chi connectivity index (χ0v) is 13.3. The summed E-state index contributed by atoms with van der Waals surface area (Å²) in [6.07, 6.45) is 0.859. The molecular weight excluding hydrogens is 272 g/mol. The molecule has 0 aliphatic rings. The van der Waals surface area contributed by atoms with Crippen molar-refractivity contribution < 1.29 is 4.79 Å². The third kappa shape index (κ3) is 5.24. The Balaban J connectivity index is 1.95. The molecule has 0 radical (unpaired) electrons. The second-order valence-corrected chi connectivity index (χ2v) is 5.87. The molecule has 2 rings (SSSR count). The Labute approximate surface area is 132 Å². The lowest BCUT2D eigenvalue weighted by Crippen LogP contribution is -2.32. The molecule has 3 heteroatoms. The van der Waals surface area contributed by atoms with Crippen LogP contribution in [-0.2, 0) is 11.2 Å². The van der Waals surface area contributed by atoms with Crippen molar-refractivity contribution in [1.82, 2.24) is 5.32 Å². The van der Waals surface area contributed by atoms with Crippen LogP contribution >= 0.6 is 0 Å². The molecule has 1 amide bonds. The maximum absolute atomic E-state index is 11.8. The van der Waals surface area contributed by atoms with E-state index in [-0.39, 0.29) is 5.91 Å². The number of carbonyl (C=O) groups is 1. The van der Waals surface area contributed by atoms with E-state index < -0.39 is 0 Å². The fraction of sp³-hybridized carbons (Fsp3) is 0.316. The van der Waals surface area contributed by atoms with Gasteiger partial charge in [0.15, 0.2) is 0 Å². The number of hydrogen-bond donors (Lipinski definition) is 2. The van der Waals surface area contributed by atoms with Crippen LogP contribution in [0.4, 0.5) is 5.69 Å². The van der Waals surface area contributed by atoms with Crippen LogP contribution in [0.2, 0.25) is 0 Å². The fourth-order valence-electron chi connectivity index (χ4n) is 2.22. The van der Waals surface area contributed by atoms with E-state index in [1.807, 2.05) is 36.4 Å². The standard InChI is InChI=1S/C19H24N2O/c1-15(2)13-21-19(22)14-20-18-11-7-6-10-17(18)12-16-8-4-3-5-9-16/h3-11,15,20H,12-14H2,1-2H3,(H,21,22). The lowest BCUT2D eigenvalue weighted by molar-refractivity contribution is -0.119. The van der Waals surface area contributed by atoms with E-state index in [0.717, 1.165) is 12.1 Å². The molecule has 0 saturated carbocycles. The minimum Gasteiger partial charge on any atom is -0.376 e. The predicted octanol–water partition coefficient (Wildman–Crippen LogP) is 3.46. The molecular formula is C19H24N2O. The molecule has 3 nitrogen and oxygen atoms in total. The van der Waals surface area contributed by atoms with Crippen molar-refractivity contribution in [2.75, 3.05) is 18.4 Å². The molecule has 22 heavy (non-hydrogen) atoms. The smallest absolute Gasteiger partial charge is 0.239 e. The van der Waals surface area contributed by atoms with E-state index in [9.17, 15) is 4.79 Å². The second kappa shape index (κ2) is 8.23. The molecule has 2 N–H and O–H groups in total. The topological polar surface area (TPSA) is 41.1 Å². The van der Waals surface area contributed by atoms with Gasteiger partial charge in [0.25, 0.3) is 0 Å². The van der Waals surface area contributed by atoms with Crippen molar-refractivity contribution in [3.05, 3.63) is 65.7 Å². The normalized spacial score (nSPS) is 10.5. The summed E-state index contributed by atoms with van der Waals surface area (Å²) in [4.78, 5) is 11.8. The maximum atomic E-state index is 11.8. The van der Waals surface area contributed by atoms with Crippen molar-refractivity contribution in [3.8, 4) is 0 Å². The first-order chi connectivity index (χ1) is 10.6. The fourth-order valence-corrected chi connectivity index (χ4v) is 2.22. The SMILES string of the molecule is CC(C)CNC(=O)CNc1ccccc1Cc1ccccc1. The van der Waals surface area contributed by atoms with E-state index in [1.54, 1.807) is 0 Å². The Hall–Kier alpha value is -2.29. The molecule has 0 heterocycles. The summed E-state index contributed by atoms with van der Waals surface area (Å²) >= 11 is 0. The van der Waals surface area contributed by atoms with Gasteiger partial charge >= 0.3 is 0 Å². The molecule has 0 fully saturated rings. The van der Waals surface area contributed by atoms with Crippen LogP contribution in [0.1, 0.15) is 25.0 Å². The maximum Gasteiger partial charge on any atom is 0.239 e. The van der Waals surface area contributed by atoms with Crippen molar-refractivity contribution in [2.45, 2.75) is 20.3 Å². The first kappa shape index (κ1) is 16.1. The Bertz CT molecular complexity index is 593. The van der Waals surface area contributed by atoms with Crippen LogP contribution in [0.25, 0.3) is 0 Å². The second-order valence-electron chi connectivity index (χ2n) is 5.87. The molecule has 0 saturated heterocycles. The minimum absolute atomic E-state index is 0.0308. The molecule has 0 aliphatic heterocycles. The lowest BCUT2D eigenvalue weighted by Gasteiger charge is -2.13. The van der Waals surface area contributed by atoms with Gasteiger partial charge < -0.3 is 10.6 Å². The first-order valence-corrected chi connectivity index (χ1v) is 7.77. The van der Waals surface area contributed by atoms with Gasteiger partial charge in [-0.2, -0.15) is 0 Å². The van der Waals surface area contributed by atoms with E-state index in [0.29, 0.717) is 19.0 Å². The van der Waals surface area contributed by atoms with Gasteiger partial charge in [-0.05, 0) is 29.5 Å². The van der Waals surface area contributed by atoms with Crippen molar-refractivity contribution in [2.24, 2.45) is 5.92 Å². The number of para-hydroxylation sites is 1. The molecule has 0 atom stereocenters. The number of benzene rings is 2. The molecule has 0 aliphatic carbocycles. The van der Waals surface area contributed by atoms with Crippen molar-refractivity contribution in [1.29, 1.82) is 0 Å². The Morgan fingerprint density at radius 1 is 1.00 bits per heavy atom. The van der Waals surface area contributed by atoms with E-state index in [4.69, 9.17) is 0 Å². The van der Waals surface area contributed by atoms with Crippen LogP contribution in [0, 0.1) is 5.92 Å². The van der Waals surface area contributed by atoms with E-state index in [1.165, 1.54) is 11.1 Å². The van der Waals surface area contributed by atoms with Gasteiger partial charge in [-0.3, -0.25) is 4.79 Å². The van der Waals surface area contributed by atoms with Crippen LogP contribution in [0.3, 0.4) is 0 Å². The number of rotatable bonds is 7. The number of anilines is 1. The quantitative estimate of drug-likeness (QED) is 0.821. The number of nitrogens with one attached hydrogen (secondary N) is 2. The largest absolute Gasteiger partial charge is 0.376 e. The predicted molar refractivity (Wildman–Crippen MR) is 92.0 cm³/mol.